The molecule has 2 aromatic rings. The van der Waals surface area contributed by atoms with Crippen LogP contribution < -0.4 is 10.6 Å². The van der Waals surface area contributed by atoms with Crippen LogP contribution in [-0.4, -0.2) is 30.7 Å². The molecule has 6 heteroatoms. The molecule has 2 rings (SSSR count). The molecule has 3 nitrogen and oxygen atoms in total. The topological polar surface area (TPSA) is 27.3 Å². The van der Waals surface area contributed by atoms with Gasteiger partial charge in [-0.3, -0.25) is 0 Å². The van der Waals surface area contributed by atoms with Crippen molar-refractivity contribution >= 4 is 34.4 Å². The van der Waals surface area contributed by atoms with Crippen LogP contribution in [0.4, 0.5) is 10.1 Å². The minimum Gasteiger partial charge on any atom is -0.360 e. The molecule has 0 aliphatic heterocycles. The Morgan fingerprint density at radius 1 is 1.36 bits per heavy atom. The fourth-order valence-electron chi connectivity index (χ4n) is 2.05. The third-order valence-electron chi connectivity index (χ3n) is 3.38. The maximum atomic E-state index is 13.5. The van der Waals surface area contributed by atoms with Gasteiger partial charge >= 0.3 is 0 Å². The zero-order valence-electron chi connectivity index (χ0n) is 12.9. The fraction of sp³-hybridized carbons (Fsp3) is 0.312. The number of nitrogens with zero attached hydrogens (tertiary/aromatic N) is 1. The Labute approximate surface area is 140 Å². The first-order chi connectivity index (χ1) is 10.5. The predicted octanol–water partition coefficient (Wildman–Crippen LogP) is 3.78. The average Bonchev–Trinajstić information content (AvgIpc) is 2.97. The van der Waals surface area contributed by atoms with Crippen LogP contribution >= 0.6 is 23.6 Å². The molecule has 118 valence electrons. The van der Waals surface area contributed by atoms with Gasteiger partial charge < -0.3 is 15.5 Å². The summed E-state index contributed by atoms with van der Waals surface area (Å²) in [6, 6.07) is 9.40. The highest BCUT2D eigenvalue weighted by Crippen LogP contribution is 2.22. The van der Waals surface area contributed by atoms with Crippen LogP contribution in [0.3, 0.4) is 0 Å². The minimum absolute atomic E-state index is 0.238. The minimum atomic E-state index is -0.238. The highest BCUT2D eigenvalue weighted by atomic mass is 32.1. The van der Waals surface area contributed by atoms with Gasteiger partial charge in [0.15, 0.2) is 5.11 Å². The first-order valence-electron chi connectivity index (χ1n) is 6.98. The van der Waals surface area contributed by atoms with Gasteiger partial charge in [0.25, 0.3) is 0 Å². The maximum absolute atomic E-state index is 13.5. The van der Waals surface area contributed by atoms with Crippen molar-refractivity contribution in [3.63, 3.8) is 0 Å². The number of hydrogen-bond donors (Lipinski definition) is 2. The summed E-state index contributed by atoms with van der Waals surface area (Å²) in [7, 11) is 4.08. The van der Waals surface area contributed by atoms with Crippen molar-refractivity contribution in [3.8, 4) is 0 Å². The van der Waals surface area contributed by atoms with Crippen molar-refractivity contribution in [2.45, 2.75) is 13.0 Å². The molecule has 0 aliphatic carbocycles. The second kappa shape index (κ2) is 7.67. The Bertz CT molecular complexity index is 626. The van der Waals surface area contributed by atoms with Gasteiger partial charge in [-0.05, 0) is 62.4 Å². The van der Waals surface area contributed by atoms with E-state index in [2.05, 4.69) is 27.0 Å². The van der Waals surface area contributed by atoms with Crippen molar-refractivity contribution in [3.05, 3.63) is 52.0 Å². The molecule has 0 spiro atoms. The standard InChI is InChI=1S/C16H20FN3S2/c1-11-6-7-12(9-13(11)17)19-16(21)18-10-14(20(2)3)15-5-4-8-22-15/h4-9,14H,10H2,1-3H3,(H2,18,19,21)/t14-/m0/s1. The van der Waals surface area contributed by atoms with Gasteiger partial charge in [0.05, 0.1) is 6.04 Å². The Morgan fingerprint density at radius 3 is 2.73 bits per heavy atom. The molecule has 1 aromatic carbocycles. The van der Waals surface area contributed by atoms with Crippen LogP contribution in [0.25, 0.3) is 0 Å². The number of hydrogen-bond acceptors (Lipinski definition) is 3. The molecule has 0 aliphatic rings. The van der Waals surface area contributed by atoms with Gasteiger partial charge in [0, 0.05) is 17.1 Å². The van der Waals surface area contributed by atoms with Crippen molar-refractivity contribution in [2.75, 3.05) is 26.0 Å². The Morgan fingerprint density at radius 2 is 2.14 bits per heavy atom. The van der Waals surface area contributed by atoms with Crippen LogP contribution in [0, 0.1) is 12.7 Å². The molecular formula is C16H20FN3S2. The van der Waals surface area contributed by atoms with E-state index in [-0.39, 0.29) is 11.9 Å². The van der Waals surface area contributed by atoms with Crippen LogP contribution in [0.15, 0.2) is 35.7 Å². The normalized spacial score (nSPS) is 12.2. The lowest BCUT2D eigenvalue weighted by atomic mass is 10.2. The van der Waals surface area contributed by atoms with Crippen LogP contribution in [0.5, 0.6) is 0 Å². The van der Waals surface area contributed by atoms with Gasteiger partial charge in [-0.25, -0.2) is 4.39 Å². The van der Waals surface area contributed by atoms with Gasteiger partial charge in [0.1, 0.15) is 5.82 Å². The first kappa shape index (κ1) is 16.9. The number of rotatable bonds is 5. The van der Waals surface area contributed by atoms with E-state index >= 15 is 0 Å². The number of aryl methyl sites for hydroxylation is 1. The van der Waals surface area contributed by atoms with E-state index in [1.165, 1.54) is 10.9 Å². The van der Waals surface area contributed by atoms with E-state index in [4.69, 9.17) is 12.2 Å². The summed E-state index contributed by atoms with van der Waals surface area (Å²) >= 11 is 7.01. The summed E-state index contributed by atoms with van der Waals surface area (Å²) in [6.07, 6.45) is 0. The third kappa shape index (κ3) is 4.50. The fourth-order valence-corrected chi connectivity index (χ4v) is 3.18. The van der Waals surface area contributed by atoms with Crippen LogP contribution in [0.1, 0.15) is 16.5 Å². The zero-order valence-corrected chi connectivity index (χ0v) is 14.5. The number of halogens is 1. The number of anilines is 1. The van der Waals surface area contributed by atoms with Gasteiger partial charge in [-0.2, -0.15) is 0 Å². The molecule has 0 saturated carbocycles. The number of likely N-dealkylation sites (N-methyl/N-ethyl adjacent to an activating group) is 1. The smallest absolute Gasteiger partial charge is 0.170 e. The molecule has 0 saturated heterocycles. The number of benzene rings is 1. The third-order valence-corrected chi connectivity index (χ3v) is 4.60. The van der Waals surface area contributed by atoms with Crippen molar-refractivity contribution < 1.29 is 4.39 Å². The monoisotopic (exact) mass is 337 g/mol. The van der Waals surface area contributed by atoms with E-state index < -0.39 is 0 Å². The molecule has 0 unspecified atom stereocenters. The van der Waals surface area contributed by atoms with E-state index in [0.29, 0.717) is 22.9 Å². The second-order valence-electron chi connectivity index (χ2n) is 5.29. The highest BCUT2D eigenvalue weighted by molar-refractivity contribution is 7.80. The van der Waals surface area contributed by atoms with Crippen LogP contribution in [-0.2, 0) is 0 Å². The largest absolute Gasteiger partial charge is 0.360 e. The van der Waals surface area contributed by atoms with Crippen molar-refractivity contribution in [2.24, 2.45) is 0 Å². The SMILES string of the molecule is Cc1ccc(NC(=S)NC[C@@H](c2cccs2)N(C)C)cc1F. The van der Waals surface area contributed by atoms with E-state index in [0.717, 1.165) is 0 Å². The summed E-state index contributed by atoms with van der Waals surface area (Å²) in [4.78, 5) is 3.43. The predicted molar refractivity (Wildman–Crippen MR) is 96.1 cm³/mol. The molecule has 1 aromatic heterocycles. The molecule has 0 radical (unpaired) electrons. The van der Waals surface area contributed by atoms with E-state index in [9.17, 15) is 4.39 Å². The molecule has 1 atom stereocenters. The molecule has 2 N–H and O–H groups in total. The van der Waals surface area contributed by atoms with Gasteiger partial charge in [-0.1, -0.05) is 12.1 Å². The summed E-state index contributed by atoms with van der Waals surface area (Å²) in [6.45, 7) is 2.42. The van der Waals surface area contributed by atoms with Crippen LogP contribution in [0.2, 0.25) is 0 Å². The summed E-state index contributed by atoms with van der Waals surface area (Å²) < 4.78 is 13.5. The Hall–Kier alpha value is -1.50. The number of nitrogens with one attached hydrogen (secondary N) is 2. The Kier molecular flexibility index (Phi) is 5.88. The quantitative estimate of drug-likeness (QED) is 0.812. The molecular weight excluding hydrogens is 317 g/mol. The average molecular weight is 337 g/mol. The number of thiocarbonyl (C=S) groups is 1. The summed E-state index contributed by atoms with van der Waals surface area (Å²) in [5, 5.41) is 8.77. The lowest BCUT2D eigenvalue weighted by molar-refractivity contribution is 0.303. The van der Waals surface area contributed by atoms with E-state index in [1.807, 2.05) is 26.2 Å². The molecule has 22 heavy (non-hydrogen) atoms. The van der Waals surface area contributed by atoms with E-state index in [1.54, 1.807) is 24.3 Å². The molecule has 0 fully saturated rings. The first-order valence-corrected chi connectivity index (χ1v) is 8.27. The summed E-state index contributed by atoms with van der Waals surface area (Å²) in [5.74, 6) is -0.238. The summed E-state index contributed by atoms with van der Waals surface area (Å²) in [5.41, 5.74) is 1.27. The van der Waals surface area contributed by atoms with Gasteiger partial charge in [-0.15, -0.1) is 11.3 Å². The Balaban J connectivity index is 1.92. The van der Waals surface area contributed by atoms with Gasteiger partial charge in [0.2, 0.25) is 0 Å². The second-order valence-corrected chi connectivity index (χ2v) is 6.68. The van der Waals surface area contributed by atoms with Crippen molar-refractivity contribution in [1.82, 2.24) is 10.2 Å². The molecule has 1 heterocycles. The molecule has 0 amide bonds. The number of thiophene rings is 1. The molecule has 0 bridgehead atoms. The lowest BCUT2D eigenvalue weighted by Crippen LogP contribution is -2.36. The van der Waals surface area contributed by atoms with Crippen molar-refractivity contribution in [1.29, 1.82) is 0 Å². The highest BCUT2D eigenvalue weighted by Gasteiger charge is 2.15. The maximum Gasteiger partial charge on any atom is 0.170 e. The zero-order chi connectivity index (χ0) is 16.1. The lowest BCUT2D eigenvalue weighted by Gasteiger charge is -2.24.